The molecule has 1 rings (SSSR count). The molecule has 4 heteroatoms. The highest BCUT2D eigenvalue weighted by atomic mass is 16.5. The molecule has 24 heavy (non-hydrogen) atoms. The topological polar surface area (TPSA) is 66.0 Å². The van der Waals surface area contributed by atoms with Crippen molar-refractivity contribution in [2.45, 2.75) is 65.2 Å². The Morgan fingerprint density at radius 3 is 1.54 bits per heavy atom. The van der Waals surface area contributed by atoms with Crippen LogP contribution < -0.4 is 9.47 Å². The molecule has 0 saturated carbocycles. The minimum Gasteiger partial charge on any atom is -0.492 e. The molecule has 4 nitrogen and oxygen atoms in total. The van der Waals surface area contributed by atoms with E-state index in [0.29, 0.717) is 35.8 Å². The van der Waals surface area contributed by atoms with Crippen molar-refractivity contribution in [2.75, 3.05) is 13.2 Å². The minimum atomic E-state index is 0.389. The number of unbranched alkanes of at least 4 members (excludes halogenated alkanes) is 6. The quantitative estimate of drug-likeness (QED) is 0.485. The van der Waals surface area contributed by atoms with Crippen LogP contribution in [0.4, 0.5) is 0 Å². The van der Waals surface area contributed by atoms with Crippen LogP contribution in [-0.4, -0.2) is 13.2 Å². The average Bonchev–Trinajstić information content (AvgIpc) is 2.61. The van der Waals surface area contributed by atoms with Crippen molar-refractivity contribution >= 4 is 0 Å². The first-order chi connectivity index (χ1) is 11.8. The first-order valence-electron chi connectivity index (χ1n) is 9.00. The molecule has 0 aliphatic rings. The van der Waals surface area contributed by atoms with Crippen LogP contribution in [0.15, 0.2) is 12.1 Å². The molecule has 0 aromatic heterocycles. The normalized spacial score (nSPS) is 10.0. The molecule has 0 amide bonds. The Hall–Kier alpha value is -2.20. The molecule has 0 saturated heterocycles. The van der Waals surface area contributed by atoms with E-state index in [1.807, 2.05) is 0 Å². The van der Waals surface area contributed by atoms with Crippen LogP contribution in [0.1, 0.15) is 76.3 Å². The Labute approximate surface area is 146 Å². The van der Waals surface area contributed by atoms with Crippen LogP contribution in [0, 0.1) is 22.7 Å². The largest absolute Gasteiger partial charge is 0.492 e. The second kappa shape index (κ2) is 12.3. The lowest BCUT2D eigenvalue weighted by atomic mass is 10.1. The van der Waals surface area contributed by atoms with Gasteiger partial charge in [-0.25, -0.2) is 0 Å². The lowest BCUT2D eigenvalue weighted by Gasteiger charge is -2.12. The summed E-state index contributed by atoms with van der Waals surface area (Å²) >= 11 is 0. The van der Waals surface area contributed by atoms with Gasteiger partial charge in [0.15, 0.2) is 0 Å². The summed E-state index contributed by atoms with van der Waals surface area (Å²) in [6.07, 6.45) is 8.90. The van der Waals surface area contributed by atoms with Gasteiger partial charge in [-0.1, -0.05) is 52.4 Å². The van der Waals surface area contributed by atoms with Gasteiger partial charge in [0.25, 0.3) is 0 Å². The van der Waals surface area contributed by atoms with Gasteiger partial charge in [0.1, 0.15) is 23.6 Å². The molecule has 0 spiro atoms. The first kappa shape index (κ1) is 19.8. The van der Waals surface area contributed by atoms with Crippen molar-refractivity contribution in [2.24, 2.45) is 0 Å². The van der Waals surface area contributed by atoms with Gasteiger partial charge in [0.2, 0.25) is 0 Å². The third-order valence-corrected chi connectivity index (χ3v) is 3.83. The Kier molecular flexibility index (Phi) is 10.1. The van der Waals surface area contributed by atoms with E-state index in [1.165, 1.54) is 25.7 Å². The molecule has 0 heterocycles. The number of nitriles is 2. The number of rotatable bonds is 12. The minimum absolute atomic E-state index is 0.389. The maximum Gasteiger partial charge on any atom is 0.140 e. The van der Waals surface area contributed by atoms with Crippen molar-refractivity contribution in [3.05, 3.63) is 23.3 Å². The van der Waals surface area contributed by atoms with Gasteiger partial charge < -0.3 is 9.47 Å². The van der Waals surface area contributed by atoms with E-state index in [4.69, 9.17) is 9.47 Å². The fraction of sp³-hybridized carbons (Fsp3) is 0.600. The summed E-state index contributed by atoms with van der Waals surface area (Å²) in [6.45, 7) is 5.49. The first-order valence-corrected chi connectivity index (χ1v) is 9.00. The van der Waals surface area contributed by atoms with Gasteiger partial charge in [0, 0.05) is 6.07 Å². The third-order valence-electron chi connectivity index (χ3n) is 3.83. The van der Waals surface area contributed by atoms with E-state index in [1.54, 1.807) is 12.1 Å². The molecular formula is C20H28N2O2. The van der Waals surface area contributed by atoms with Crippen molar-refractivity contribution in [1.82, 2.24) is 0 Å². The highest BCUT2D eigenvalue weighted by Crippen LogP contribution is 2.29. The monoisotopic (exact) mass is 328 g/mol. The van der Waals surface area contributed by atoms with Gasteiger partial charge in [0.05, 0.1) is 24.3 Å². The zero-order chi connectivity index (χ0) is 17.6. The standard InChI is InChI=1S/C20H28N2O2/c1-3-5-7-9-11-23-19-14-20(24-12-10-8-6-4-2)18(16-22)13-17(19)15-21/h13-14H,3-12H2,1-2H3. The molecule has 0 N–H and O–H groups in total. The van der Waals surface area contributed by atoms with Gasteiger partial charge >= 0.3 is 0 Å². The molecule has 0 aliphatic heterocycles. The van der Waals surface area contributed by atoms with Crippen LogP contribution in [-0.2, 0) is 0 Å². The Bertz CT molecular complexity index is 523. The van der Waals surface area contributed by atoms with E-state index in [2.05, 4.69) is 26.0 Å². The highest BCUT2D eigenvalue weighted by Gasteiger charge is 2.12. The lowest BCUT2D eigenvalue weighted by molar-refractivity contribution is 0.289. The zero-order valence-electron chi connectivity index (χ0n) is 14.9. The Morgan fingerprint density at radius 2 is 1.17 bits per heavy atom. The number of ether oxygens (including phenoxy) is 2. The van der Waals surface area contributed by atoms with Crippen LogP contribution in [0.2, 0.25) is 0 Å². The van der Waals surface area contributed by atoms with E-state index in [9.17, 15) is 10.5 Å². The molecule has 0 unspecified atom stereocenters. The molecule has 0 aliphatic carbocycles. The second-order valence-electron chi connectivity index (χ2n) is 5.89. The predicted octanol–water partition coefficient (Wildman–Crippen LogP) is 5.35. The summed E-state index contributed by atoms with van der Waals surface area (Å²) in [4.78, 5) is 0. The lowest BCUT2D eigenvalue weighted by Crippen LogP contribution is -2.03. The summed E-state index contributed by atoms with van der Waals surface area (Å²) in [5, 5.41) is 18.5. The average molecular weight is 328 g/mol. The number of benzene rings is 1. The van der Waals surface area contributed by atoms with Crippen molar-refractivity contribution in [3.8, 4) is 23.6 Å². The van der Waals surface area contributed by atoms with Crippen LogP contribution in [0.25, 0.3) is 0 Å². The summed E-state index contributed by atoms with van der Waals surface area (Å²) < 4.78 is 11.5. The summed E-state index contributed by atoms with van der Waals surface area (Å²) in [6, 6.07) is 7.45. The van der Waals surface area contributed by atoms with Gasteiger partial charge in [-0.15, -0.1) is 0 Å². The molecule has 130 valence electrons. The maximum atomic E-state index is 9.26. The van der Waals surface area contributed by atoms with Gasteiger partial charge in [-0.2, -0.15) is 10.5 Å². The second-order valence-corrected chi connectivity index (χ2v) is 5.89. The van der Waals surface area contributed by atoms with Crippen LogP contribution >= 0.6 is 0 Å². The number of nitrogens with zero attached hydrogens (tertiary/aromatic N) is 2. The Balaban J connectivity index is 2.70. The molecule has 1 aromatic carbocycles. The highest BCUT2D eigenvalue weighted by molar-refractivity contribution is 5.56. The van der Waals surface area contributed by atoms with Gasteiger partial charge in [-0.05, 0) is 18.9 Å². The summed E-state index contributed by atoms with van der Waals surface area (Å²) in [5.74, 6) is 1.02. The third kappa shape index (κ3) is 6.92. The smallest absolute Gasteiger partial charge is 0.140 e. The summed E-state index contributed by atoms with van der Waals surface area (Å²) in [7, 11) is 0. The molecular weight excluding hydrogens is 300 g/mol. The number of hydrogen-bond donors (Lipinski definition) is 0. The molecule has 0 bridgehead atoms. The summed E-state index contributed by atoms with van der Waals surface area (Å²) in [5.41, 5.74) is 0.778. The van der Waals surface area contributed by atoms with Crippen LogP contribution in [0.3, 0.4) is 0 Å². The number of hydrogen-bond acceptors (Lipinski definition) is 4. The van der Waals surface area contributed by atoms with Crippen molar-refractivity contribution < 1.29 is 9.47 Å². The van der Waals surface area contributed by atoms with Crippen molar-refractivity contribution in [3.63, 3.8) is 0 Å². The van der Waals surface area contributed by atoms with Crippen LogP contribution in [0.5, 0.6) is 11.5 Å². The molecule has 0 radical (unpaired) electrons. The van der Waals surface area contributed by atoms with E-state index >= 15 is 0 Å². The SMILES string of the molecule is CCCCCCOc1cc(OCCCCCC)c(C#N)cc1C#N. The molecule has 1 aromatic rings. The van der Waals surface area contributed by atoms with E-state index in [-0.39, 0.29) is 0 Å². The molecule has 0 fully saturated rings. The van der Waals surface area contributed by atoms with E-state index in [0.717, 1.165) is 25.7 Å². The van der Waals surface area contributed by atoms with Gasteiger partial charge in [-0.3, -0.25) is 0 Å². The predicted molar refractivity (Wildman–Crippen MR) is 95.1 cm³/mol. The fourth-order valence-corrected chi connectivity index (χ4v) is 2.40. The maximum absolute atomic E-state index is 9.26. The zero-order valence-corrected chi connectivity index (χ0v) is 14.9. The van der Waals surface area contributed by atoms with Crippen molar-refractivity contribution in [1.29, 1.82) is 10.5 Å². The van der Waals surface area contributed by atoms with E-state index < -0.39 is 0 Å². The molecule has 0 atom stereocenters. The Morgan fingerprint density at radius 1 is 0.708 bits per heavy atom. The fourth-order valence-electron chi connectivity index (χ4n) is 2.40.